The van der Waals surface area contributed by atoms with Crippen molar-refractivity contribution in [2.24, 2.45) is 0 Å². The van der Waals surface area contributed by atoms with Gasteiger partial charge in [0.15, 0.2) is 5.11 Å². The first-order chi connectivity index (χ1) is 5.97. The number of nitrogens with zero attached hydrogens (tertiary/aromatic N) is 1. The fraction of sp³-hybridized carbons (Fsp3) is 0.900. The van der Waals surface area contributed by atoms with E-state index in [1.165, 1.54) is 12.8 Å². The van der Waals surface area contributed by atoms with E-state index in [0.717, 1.165) is 11.5 Å². The van der Waals surface area contributed by atoms with Crippen molar-refractivity contribution in [2.75, 3.05) is 7.05 Å². The second-order valence-corrected chi connectivity index (χ2v) is 4.84. The van der Waals surface area contributed by atoms with Gasteiger partial charge in [-0.15, -0.1) is 0 Å². The highest BCUT2D eigenvalue weighted by molar-refractivity contribution is 7.80. The molecule has 0 aromatic heterocycles. The van der Waals surface area contributed by atoms with Gasteiger partial charge in [0.2, 0.25) is 0 Å². The zero-order valence-corrected chi connectivity index (χ0v) is 9.87. The maximum atomic E-state index is 5.32. The summed E-state index contributed by atoms with van der Waals surface area (Å²) in [6, 6.07) is 0.655. The van der Waals surface area contributed by atoms with Crippen LogP contribution in [0, 0.1) is 0 Å². The average molecular weight is 200 g/mol. The van der Waals surface area contributed by atoms with E-state index in [2.05, 4.69) is 38.0 Å². The summed E-state index contributed by atoms with van der Waals surface area (Å²) in [6.45, 7) is 6.62. The summed E-state index contributed by atoms with van der Waals surface area (Å²) in [4.78, 5) is 2.17. The fourth-order valence-corrected chi connectivity index (χ4v) is 1.42. The summed E-state index contributed by atoms with van der Waals surface area (Å²) < 4.78 is 0. The molecule has 0 aromatic rings. The van der Waals surface area contributed by atoms with E-state index in [4.69, 9.17) is 12.2 Å². The Morgan fingerprint density at radius 2 is 2.08 bits per heavy atom. The van der Waals surface area contributed by atoms with Crippen LogP contribution in [0.4, 0.5) is 0 Å². The van der Waals surface area contributed by atoms with E-state index < -0.39 is 0 Å². The number of thiocarbonyl (C=S) groups is 1. The maximum absolute atomic E-state index is 5.32. The first kappa shape index (κ1) is 10.8. The molecule has 0 aromatic carbocycles. The Morgan fingerprint density at radius 1 is 1.54 bits per heavy atom. The van der Waals surface area contributed by atoms with E-state index in [9.17, 15) is 0 Å². The summed E-state index contributed by atoms with van der Waals surface area (Å²) in [7, 11) is 2.07. The fourth-order valence-electron chi connectivity index (χ4n) is 1.01. The molecule has 0 radical (unpaired) electrons. The largest absolute Gasteiger partial charge is 0.360 e. The van der Waals surface area contributed by atoms with Crippen LogP contribution in [0.5, 0.6) is 0 Å². The Bertz CT molecular complexity index is 197. The van der Waals surface area contributed by atoms with Crippen molar-refractivity contribution in [3.8, 4) is 0 Å². The van der Waals surface area contributed by atoms with Gasteiger partial charge in [0.05, 0.1) is 0 Å². The maximum Gasteiger partial charge on any atom is 0.169 e. The van der Waals surface area contributed by atoms with Crippen LogP contribution < -0.4 is 5.32 Å². The first-order valence-corrected chi connectivity index (χ1v) is 5.42. The quantitative estimate of drug-likeness (QED) is 0.703. The Balaban J connectivity index is 2.44. The molecule has 0 bridgehead atoms. The second-order valence-electron chi connectivity index (χ2n) is 4.45. The molecular weight excluding hydrogens is 180 g/mol. The Hall–Kier alpha value is -0.310. The van der Waals surface area contributed by atoms with Gasteiger partial charge < -0.3 is 10.2 Å². The highest BCUT2D eigenvalue weighted by Gasteiger charge is 2.27. The third-order valence-corrected chi connectivity index (χ3v) is 3.37. The highest BCUT2D eigenvalue weighted by atomic mass is 32.1. The highest BCUT2D eigenvalue weighted by Crippen LogP contribution is 2.21. The zero-order chi connectivity index (χ0) is 10.1. The van der Waals surface area contributed by atoms with Gasteiger partial charge in [0.25, 0.3) is 0 Å². The van der Waals surface area contributed by atoms with Crippen LogP contribution >= 0.6 is 12.2 Å². The topological polar surface area (TPSA) is 15.3 Å². The van der Waals surface area contributed by atoms with Crippen molar-refractivity contribution in [2.45, 2.75) is 51.6 Å². The van der Waals surface area contributed by atoms with E-state index in [1.807, 2.05) is 0 Å². The number of rotatable bonds is 3. The van der Waals surface area contributed by atoms with Crippen LogP contribution in [0.15, 0.2) is 0 Å². The number of hydrogen-bond acceptors (Lipinski definition) is 1. The van der Waals surface area contributed by atoms with Crippen LogP contribution in [0.3, 0.4) is 0 Å². The summed E-state index contributed by atoms with van der Waals surface area (Å²) in [5, 5.41) is 4.25. The molecule has 0 heterocycles. The minimum absolute atomic E-state index is 0.166. The van der Waals surface area contributed by atoms with Gasteiger partial charge in [-0.25, -0.2) is 0 Å². The van der Waals surface area contributed by atoms with Crippen LogP contribution in [0.1, 0.15) is 40.0 Å². The third-order valence-electron chi connectivity index (χ3n) is 2.98. The summed E-state index contributed by atoms with van der Waals surface area (Å²) in [5.41, 5.74) is 0.166. The molecule has 1 rings (SSSR count). The molecule has 1 fully saturated rings. The SMILES string of the molecule is CCC(C)(C)N(C)C(=S)NC1CC1. The van der Waals surface area contributed by atoms with Gasteiger partial charge in [0.1, 0.15) is 0 Å². The van der Waals surface area contributed by atoms with Crippen molar-refractivity contribution >= 4 is 17.3 Å². The standard InChI is InChI=1S/C10H20N2S/c1-5-10(2,3)12(4)9(13)11-8-6-7-8/h8H,5-7H2,1-4H3,(H,11,13). The molecule has 0 saturated heterocycles. The smallest absolute Gasteiger partial charge is 0.169 e. The summed E-state index contributed by atoms with van der Waals surface area (Å²) in [5.74, 6) is 0. The van der Waals surface area contributed by atoms with Gasteiger partial charge in [-0.3, -0.25) is 0 Å². The van der Waals surface area contributed by atoms with E-state index in [-0.39, 0.29) is 5.54 Å². The molecule has 0 aliphatic heterocycles. The van der Waals surface area contributed by atoms with Crippen LogP contribution in [-0.2, 0) is 0 Å². The zero-order valence-electron chi connectivity index (χ0n) is 9.05. The molecule has 0 atom stereocenters. The third kappa shape index (κ3) is 2.83. The number of hydrogen-bond donors (Lipinski definition) is 1. The molecule has 0 spiro atoms. The van der Waals surface area contributed by atoms with Crippen molar-refractivity contribution in [1.29, 1.82) is 0 Å². The van der Waals surface area contributed by atoms with Crippen molar-refractivity contribution in [3.05, 3.63) is 0 Å². The predicted octanol–water partition coefficient (Wildman–Crippen LogP) is 2.14. The van der Waals surface area contributed by atoms with Gasteiger partial charge >= 0.3 is 0 Å². The average Bonchev–Trinajstić information content (AvgIpc) is 2.86. The van der Waals surface area contributed by atoms with Gasteiger partial charge in [-0.1, -0.05) is 6.92 Å². The van der Waals surface area contributed by atoms with E-state index in [1.54, 1.807) is 0 Å². The predicted molar refractivity (Wildman–Crippen MR) is 60.9 cm³/mol. The number of nitrogens with one attached hydrogen (secondary N) is 1. The van der Waals surface area contributed by atoms with Crippen molar-refractivity contribution in [1.82, 2.24) is 10.2 Å². The van der Waals surface area contributed by atoms with E-state index in [0.29, 0.717) is 6.04 Å². The molecular formula is C10H20N2S. The second kappa shape index (κ2) is 3.82. The molecule has 0 amide bonds. The normalized spacial score (nSPS) is 16.9. The molecule has 1 aliphatic rings. The Morgan fingerprint density at radius 3 is 2.46 bits per heavy atom. The van der Waals surface area contributed by atoms with Gasteiger partial charge in [-0.05, 0) is 45.3 Å². The first-order valence-electron chi connectivity index (χ1n) is 5.01. The van der Waals surface area contributed by atoms with Crippen molar-refractivity contribution in [3.63, 3.8) is 0 Å². The molecule has 1 N–H and O–H groups in total. The molecule has 1 aliphatic carbocycles. The minimum Gasteiger partial charge on any atom is -0.360 e. The summed E-state index contributed by atoms with van der Waals surface area (Å²) in [6.07, 6.45) is 3.66. The van der Waals surface area contributed by atoms with Crippen LogP contribution in [-0.4, -0.2) is 28.6 Å². The van der Waals surface area contributed by atoms with Crippen LogP contribution in [0.2, 0.25) is 0 Å². The molecule has 0 unspecified atom stereocenters. The lowest BCUT2D eigenvalue weighted by Gasteiger charge is -2.36. The monoisotopic (exact) mass is 200 g/mol. The Labute approximate surface area is 86.7 Å². The Kier molecular flexibility index (Phi) is 3.17. The summed E-state index contributed by atoms with van der Waals surface area (Å²) >= 11 is 5.32. The minimum atomic E-state index is 0.166. The van der Waals surface area contributed by atoms with Crippen molar-refractivity contribution < 1.29 is 0 Å². The van der Waals surface area contributed by atoms with Crippen LogP contribution in [0.25, 0.3) is 0 Å². The van der Waals surface area contributed by atoms with Gasteiger partial charge in [-0.2, -0.15) is 0 Å². The lowest BCUT2D eigenvalue weighted by Crippen LogP contribution is -2.49. The molecule has 1 saturated carbocycles. The molecule has 3 heteroatoms. The van der Waals surface area contributed by atoms with E-state index >= 15 is 0 Å². The van der Waals surface area contributed by atoms with Gasteiger partial charge in [0, 0.05) is 18.6 Å². The molecule has 2 nitrogen and oxygen atoms in total. The lowest BCUT2D eigenvalue weighted by atomic mass is 10.0. The molecule has 76 valence electrons. The molecule has 13 heavy (non-hydrogen) atoms. The lowest BCUT2D eigenvalue weighted by molar-refractivity contribution is 0.243.